The molecule has 2 aromatic rings. The lowest BCUT2D eigenvalue weighted by molar-refractivity contribution is 0.352. The van der Waals surface area contributed by atoms with Gasteiger partial charge in [0.25, 0.3) is 0 Å². The van der Waals surface area contributed by atoms with Crippen LogP contribution >= 0.6 is 0 Å². The highest BCUT2D eigenvalue weighted by molar-refractivity contribution is 5.74. The third kappa shape index (κ3) is 4.61. The Balaban J connectivity index is 1.98. The second-order valence-electron chi connectivity index (χ2n) is 6.96. The van der Waals surface area contributed by atoms with Crippen molar-refractivity contribution < 1.29 is 4.74 Å². The number of allylic oxidation sites excluding steroid dienone is 2. The summed E-state index contributed by atoms with van der Waals surface area (Å²) in [5.74, 6) is 1.47. The van der Waals surface area contributed by atoms with Gasteiger partial charge in [-0.3, -0.25) is 0 Å². The predicted octanol–water partition coefficient (Wildman–Crippen LogP) is 5.13. The maximum absolute atomic E-state index is 5.43. The van der Waals surface area contributed by atoms with Gasteiger partial charge in [-0.2, -0.15) is 0 Å². The van der Waals surface area contributed by atoms with Crippen molar-refractivity contribution in [2.24, 2.45) is 5.92 Å². The quantitative estimate of drug-likeness (QED) is 0.752. The third-order valence-corrected chi connectivity index (χ3v) is 4.70. The van der Waals surface area contributed by atoms with Crippen LogP contribution in [0.3, 0.4) is 0 Å². The molecule has 2 nitrogen and oxygen atoms in total. The first-order valence-electron chi connectivity index (χ1n) is 8.92. The van der Waals surface area contributed by atoms with Gasteiger partial charge in [0, 0.05) is 6.54 Å². The molecule has 0 unspecified atom stereocenters. The van der Waals surface area contributed by atoms with Gasteiger partial charge in [-0.1, -0.05) is 54.6 Å². The smallest absolute Gasteiger partial charge is 0.119 e. The topological polar surface area (TPSA) is 12.5 Å². The minimum absolute atomic E-state index is 0.551. The first-order chi connectivity index (χ1) is 12.2. The molecule has 0 aromatic heterocycles. The highest BCUT2D eigenvalue weighted by atomic mass is 16.5. The van der Waals surface area contributed by atoms with E-state index >= 15 is 0 Å². The number of ether oxygens (including phenoxy) is 1. The normalized spacial score (nSPS) is 19.1. The van der Waals surface area contributed by atoms with Gasteiger partial charge in [-0.15, -0.1) is 0 Å². The standard InChI is InChI=1S/C23H27NO/c1-24(2)17-21-13-12-19(14-18-8-5-4-6-9-18)15-23(21)20-10-7-11-22(16-20)25-3/h4-11,14-16,21H,12-13,17H2,1-3H3/b19-14+/t21-/m1/s1. The van der Waals surface area contributed by atoms with Crippen molar-refractivity contribution >= 4 is 11.6 Å². The van der Waals surface area contributed by atoms with E-state index in [2.05, 4.69) is 79.7 Å². The number of hydrogen-bond donors (Lipinski definition) is 0. The molecule has 1 aliphatic rings. The van der Waals surface area contributed by atoms with Gasteiger partial charge in [0.2, 0.25) is 0 Å². The zero-order valence-electron chi connectivity index (χ0n) is 15.4. The van der Waals surface area contributed by atoms with Gasteiger partial charge >= 0.3 is 0 Å². The second kappa shape index (κ2) is 8.17. The molecule has 0 saturated heterocycles. The molecule has 1 aliphatic carbocycles. The maximum atomic E-state index is 5.43. The van der Waals surface area contributed by atoms with Crippen molar-refractivity contribution in [2.45, 2.75) is 12.8 Å². The minimum atomic E-state index is 0.551. The van der Waals surface area contributed by atoms with Crippen LogP contribution in [0.15, 0.2) is 66.2 Å². The van der Waals surface area contributed by atoms with Crippen molar-refractivity contribution in [1.29, 1.82) is 0 Å². The Morgan fingerprint density at radius 3 is 2.60 bits per heavy atom. The first-order valence-corrected chi connectivity index (χ1v) is 8.92. The number of hydrogen-bond acceptors (Lipinski definition) is 2. The van der Waals surface area contributed by atoms with Crippen molar-refractivity contribution in [3.63, 3.8) is 0 Å². The van der Waals surface area contributed by atoms with Gasteiger partial charge in [0.1, 0.15) is 5.75 Å². The molecule has 0 amide bonds. The van der Waals surface area contributed by atoms with Gasteiger partial charge in [-0.05, 0) is 67.3 Å². The average molecular weight is 333 g/mol. The van der Waals surface area contributed by atoms with Crippen molar-refractivity contribution in [3.8, 4) is 5.75 Å². The van der Waals surface area contributed by atoms with Crippen LogP contribution < -0.4 is 4.74 Å². The van der Waals surface area contributed by atoms with E-state index in [1.807, 2.05) is 6.07 Å². The summed E-state index contributed by atoms with van der Waals surface area (Å²) in [5, 5.41) is 0. The molecular weight excluding hydrogens is 306 g/mol. The van der Waals surface area contributed by atoms with Crippen LogP contribution in [0.5, 0.6) is 5.75 Å². The zero-order chi connectivity index (χ0) is 17.6. The fourth-order valence-electron chi connectivity index (χ4n) is 3.52. The molecule has 3 rings (SSSR count). The summed E-state index contributed by atoms with van der Waals surface area (Å²) in [5.41, 5.74) is 5.36. The molecule has 0 radical (unpaired) electrons. The van der Waals surface area contributed by atoms with E-state index in [4.69, 9.17) is 4.74 Å². The summed E-state index contributed by atoms with van der Waals surface area (Å²) in [4.78, 5) is 2.28. The first kappa shape index (κ1) is 17.5. The Labute approximate surface area is 151 Å². The Kier molecular flexibility index (Phi) is 5.72. The Bertz CT molecular complexity index is 759. The number of benzene rings is 2. The molecule has 1 atom stereocenters. The van der Waals surface area contributed by atoms with Crippen LogP contribution in [-0.4, -0.2) is 32.6 Å². The fraction of sp³-hybridized carbons (Fsp3) is 0.304. The summed E-state index contributed by atoms with van der Waals surface area (Å²) in [6.07, 6.45) is 7.01. The Morgan fingerprint density at radius 2 is 1.88 bits per heavy atom. The molecule has 2 heteroatoms. The molecule has 0 N–H and O–H groups in total. The SMILES string of the molecule is COc1cccc(C2=C/C(=C/c3ccccc3)CC[C@@H]2CN(C)C)c1. The lowest BCUT2D eigenvalue weighted by atomic mass is 9.81. The number of methoxy groups -OCH3 is 1. The van der Waals surface area contributed by atoms with E-state index in [9.17, 15) is 0 Å². The van der Waals surface area contributed by atoms with Crippen molar-refractivity contribution in [3.05, 3.63) is 77.4 Å². The fourth-order valence-corrected chi connectivity index (χ4v) is 3.52. The summed E-state index contributed by atoms with van der Waals surface area (Å²) in [6.45, 7) is 1.07. The van der Waals surface area contributed by atoms with Crippen LogP contribution in [0.1, 0.15) is 24.0 Å². The summed E-state index contributed by atoms with van der Waals surface area (Å²) in [7, 11) is 6.03. The van der Waals surface area contributed by atoms with Gasteiger partial charge < -0.3 is 9.64 Å². The van der Waals surface area contributed by atoms with E-state index in [0.29, 0.717) is 5.92 Å². The molecule has 2 aromatic carbocycles. The summed E-state index contributed by atoms with van der Waals surface area (Å²) in [6, 6.07) is 19.0. The lowest BCUT2D eigenvalue weighted by Crippen LogP contribution is -2.24. The van der Waals surface area contributed by atoms with Crippen LogP contribution in [-0.2, 0) is 0 Å². The molecule has 0 spiro atoms. The second-order valence-corrected chi connectivity index (χ2v) is 6.96. The van der Waals surface area contributed by atoms with Crippen LogP contribution in [0, 0.1) is 5.92 Å². The van der Waals surface area contributed by atoms with Gasteiger partial charge in [0.15, 0.2) is 0 Å². The zero-order valence-corrected chi connectivity index (χ0v) is 15.4. The molecule has 0 aliphatic heterocycles. The Morgan fingerprint density at radius 1 is 1.08 bits per heavy atom. The molecule has 0 heterocycles. The molecule has 130 valence electrons. The highest BCUT2D eigenvalue weighted by Crippen LogP contribution is 2.36. The minimum Gasteiger partial charge on any atom is -0.497 e. The summed E-state index contributed by atoms with van der Waals surface area (Å²) >= 11 is 0. The third-order valence-electron chi connectivity index (χ3n) is 4.70. The van der Waals surface area contributed by atoms with E-state index in [1.54, 1.807) is 7.11 Å². The summed E-state index contributed by atoms with van der Waals surface area (Å²) < 4.78 is 5.43. The van der Waals surface area contributed by atoms with E-state index < -0.39 is 0 Å². The highest BCUT2D eigenvalue weighted by Gasteiger charge is 2.22. The van der Waals surface area contributed by atoms with Crippen LogP contribution in [0.4, 0.5) is 0 Å². The largest absolute Gasteiger partial charge is 0.497 e. The molecule has 0 bridgehead atoms. The molecule has 0 saturated carbocycles. The maximum Gasteiger partial charge on any atom is 0.119 e. The number of rotatable bonds is 5. The van der Waals surface area contributed by atoms with E-state index in [0.717, 1.165) is 18.7 Å². The molecule has 25 heavy (non-hydrogen) atoms. The molecule has 0 fully saturated rings. The van der Waals surface area contributed by atoms with E-state index in [1.165, 1.54) is 28.7 Å². The lowest BCUT2D eigenvalue weighted by Gasteiger charge is -2.28. The van der Waals surface area contributed by atoms with Gasteiger partial charge in [0.05, 0.1) is 7.11 Å². The molecular formula is C23H27NO. The Hall–Kier alpha value is -2.32. The average Bonchev–Trinajstić information content (AvgIpc) is 2.63. The predicted molar refractivity (Wildman–Crippen MR) is 107 cm³/mol. The van der Waals surface area contributed by atoms with Crippen molar-refractivity contribution in [1.82, 2.24) is 4.90 Å². The van der Waals surface area contributed by atoms with Crippen LogP contribution in [0.25, 0.3) is 11.6 Å². The van der Waals surface area contributed by atoms with E-state index in [-0.39, 0.29) is 0 Å². The van der Waals surface area contributed by atoms with Crippen molar-refractivity contribution in [2.75, 3.05) is 27.7 Å². The van der Waals surface area contributed by atoms with Crippen LogP contribution in [0.2, 0.25) is 0 Å². The monoisotopic (exact) mass is 333 g/mol. The van der Waals surface area contributed by atoms with Gasteiger partial charge in [-0.25, -0.2) is 0 Å². The number of nitrogens with zero attached hydrogens (tertiary/aromatic N) is 1.